The fourth-order valence-corrected chi connectivity index (χ4v) is 2.74. The van der Waals surface area contributed by atoms with Gasteiger partial charge in [0.05, 0.1) is 0 Å². The van der Waals surface area contributed by atoms with Crippen molar-refractivity contribution < 1.29 is 4.74 Å². The Balaban J connectivity index is 1.74. The summed E-state index contributed by atoms with van der Waals surface area (Å²) in [5.74, 6) is 0. The summed E-state index contributed by atoms with van der Waals surface area (Å²) in [4.78, 5) is 0. The molecule has 0 spiro atoms. The molecular formula is C18H14O. The molecule has 0 unspecified atom stereocenters. The van der Waals surface area contributed by atoms with Gasteiger partial charge in [-0.25, -0.2) is 0 Å². The van der Waals surface area contributed by atoms with Crippen LogP contribution >= 0.6 is 0 Å². The molecule has 1 nitrogen and oxygen atoms in total. The number of hydrogen-bond acceptors (Lipinski definition) is 1. The van der Waals surface area contributed by atoms with Gasteiger partial charge in [0.1, 0.15) is 12.2 Å². The lowest BCUT2D eigenvalue weighted by Gasteiger charge is -2.03. The van der Waals surface area contributed by atoms with Gasteiger partial charge in [-0.1, -0.05) is 72.8 Å². The normalized spacial score (nSPS) is 21.5. The van der Waals surface area contributed by atoms with Crippen LogP contribution in [0.1, 0.15) is 23.3 Å². The minimum absolute atomic E-state index is 0.202. The number of epoxide rings is 1. The van der Waals surface area contributed by atoms with Crippen molar-refractivity contribution in [2.45, 2.75) is 12.2 Å². The van der Waals surface area contributed by atoms with E-state index in [2.05, 4.69) is 66.7 Å². The van der Waals surface area contributed by atoms with E-state index in [4.69, 9.17) is 4.74 Å². The van der Waals surface area contributed by atoms with Crippen LogP contribution in [-0.4, -0.2) is 0 Å². The van der Waals surface area contributed by atoms with Crippen LogP contribution in [0.2, 0.25) is 0 Å². The van der Waals surface area contributed by atoms with E-state index in [-0.39, 0.29) is 12.2 Å². The Kier molecular flexibility index (Phi) is 2.39. The molecule has 0 bridgehead atoms. The molecule has 0 radical (unpaired) electrons. The highest BCUT2D eigenvalue weighted by Gasteiger charge is 2.41. The second-order valence-corrected chi connectivity index (χ2v) is 4.96. The summed E-state index contributed by atoms with van der Waals surface area (Å²) in [6, 6.07) is 25.4. The standard InChI is InChI=1S/C18H14O/c1-2-8-14(9-3-1)17-18(19-17)16-12-6-10-13-7-4-5-11-15(13)16/h1-12,17-18H/t17-,18-/m0/s1. The molecular weight excluding hydrogens is 232 g/mol. The third-order valence-electron chi connectivity index (χ3n) is 3.75. The number of benzene rings is 3. The van der Waals surface area contributed by atoms with Crippen LogP contribution in [0.4, 0.5) is 0 Å². The molecule has 1 aliphatic rings. The van der Waals surface area contributed by atoms with Crippen molar-refractivity contribution >= 4 is 10.8 Å². The van der Waals surface area contributed by atoms with Gasteiger partial charge in [-0.2, -0.15) is 0 Å². The maximum atomic E-state index is 5.90. The Labute approximate surface area is 112 Å². The Morgan fingerprint density at radius 1 is 0.632 bits per heavy atom. The molecule has 1 heteroatoms. The average molecular weight is 246 g/mol. The molecule has 0 N–H and O–H groups in total. The van der Waals surface area contributed by atoms with Gasteiger partial charge in [-0.05, 0) is 21.9 Å². The molecule has 4 rings (SSSR count). The minimum atomic E-state index is 0.202. The summed E-state index contributed by atoms with van der Waals surface area (Å²) < 4.78 is 5.90. The Hall–Kier alpha value is -2.12. The molecule has 3 aromatic carbocycles. The predicted octanol–water partition coefficient (Wildman–Crippen LogP) is 4.65. The lowest BCUT2D eigenvalue weighted by atomic mass is 9.99. The fraction of sp³-hybridized carbons (Fsp3) is 0.111. The lowest BCUT2D eigenvalue weighted by molar-refractivity contribution is 0.378. The van der Waals surface area contributed by atoms with Crippen LogP contribution in [0.3, 0.4) is 0 Å². The van der Waals surface area contributed by atoms with Gasteiger partial charge < -0.3 is 4.74 Å². The molecule has 0 amide bonds. The monoisotopic (exact) mass is 246 g/mol. The molecule has 0 aromatic heterocycles. The first-order chi connectivity index (χ1) is 9.43. The van der Waals surface area contributed by atoms with E-state index in [1.54, 1.807) is 0 Å². The minimum Gasteiger partial charge on any atom is -0.359 e. The highest BCUT2D eigenvalue weighted by atomic mass is 16.6. The summed E-state index contributed by atoms with van der Waals surface area (Å²) in [5.41, 5.74) is 2.56. The topological polar surface area (TPSA) is 12.5 Å². The van der Waals surface area contributed by atoms with Gasteiger partial charge in [0.2, 0.25) is 0 Å². The summed E-state index contributed by atoms with van der Waals surface area (Å²) in [6.45, 7) is 0. The molecule has 92 valence electrons. The molecule has 1 aliphatic heterocycles. The fourth-order valence-electron chi connectivity index (χ4n) is 2.74. The second-order valence-electron chi connectivity index (χ2n) is 4.96. The van der Waals surface area contributed by atoms with Crippen molar-refractivity contribution in [3.63, 3.8) is 0 Å². The maximum Gasteiger partial charge on any atom is 0.114 e. The van der Waals surface area contributed by atoms with Crippen LogP contribution in [0.25, 0.3) is 10.8 Å². The van der Waals surface area contributed by atoms with E-state index in [1.165, 1.54) is 21.9 Å². The zero-order valence-electron chi connectivity index (χ0n) is 10.5. The molecule has 2 atom stereocenters. The Morgan fingerprint density at radius 3 is 2.26 bits per heavy atom. The van der Waals surface area contributed by atoms with Crippen LogP contribution in [0.15, 0.2) is 72.8 Å². The van der Waals surface area contributed by atoms with E-state index in [0.717, 1.165) is 0 Å². The van der Waals surface area contributed by atoms with Gasteiger partial charge in [0.25, 0.3) is 0 Å². The highest BCUT2D eigenvalue weighted by Crippen LogP contribution is 2.52. The zero-order chi connectivity index (χ0) is 12.7. The van der Waals surface area contributed by atoms with Gasteiger partial charge in [0.15, 0.2) is 0 Å². The van der Waals surface area contributed by atoms with Gasteiger partial charge >= 0.3 is 0 Å². The number of rotatable bonds is 2. The first-order valence-electron chi connectivity index (χ1n) is 6.61. The van der Waals surface area contributed by atoms with Gasteiger partial charge in [0, 0.05) is 0 Å². The molecule has 19 heavy (non-hydrogen) atoms. The number of ether oxygens (including phenoxy) is 1. The molecule has 1 heterocycles. The van der Waals surface area contributed by atoms with Gasteiger partial charge in [-0.3, -0.25) is 0 Å². The third kappa shape index (κ3) is 1.83. The average Bonchev–Trinajstić information content (AvgIpc) is 3.28. The van der Waals surface area contributed by atoms with Crippen LogP contribution < -0.4 is 0 Å². The largest absolute Gasteiger partial charge is 0.359 e. The summed E-state index contributed by atoms with van der Waals surface area (Å²) in [6.07, 6.45) is 0.417. The SMILES string of the molecule is c1ccc([C@@H]2O[C@H]2c2cccc3ccccc23)cc1. The maximum absolute atomic E-state index is 5.90. The smallest absolute Gasteiger partial charge is 0.114 e. The van der Waals surface area contributed by atoms with Crippen molar-refractivity contribution in [3.8, 4) is 0 Å². The summed E-state index contributed by atoms with van der Waals surface area (Å²) in [5, 5.41) is 2.58. The molecule has 1 saturated heterocycles. The first kappa shape index (κ1) is 10.8. The summed E-state index contributed by atoms with van der Waals surface area (Å²) in [7, 11) is 0. The Bertz CT molecular complexity index is 713. The molecule has 0 aliphatic carbocycles. The molecule has 1 fully saturated rings. The molecule has 0 saturated carbocycles. The second kappa shape index (κ2) is 4.22. The molecule has 3 aromatic rings. The van der Waals surface area contributed by atoms with E-state index >= 15 is 0 Å². The quantitative estimate of drug-likeness (QED) is 0.599. The van der Waals surface area contributed by atoms with Gasteiger partial charge in [-0.15, -0.1) is 0 Å². The number of hydrogen-bond donors (Lipinski definition) is 0. The van der Waals surface area contributed by atoms with Crippen molar-refractivity contribution in [1.82, 2.24) is 0 Å². The summed E-state index contributed by atoms with van der Waals surface area (Å²) >= 11 is 0. The van der Waals surface area contributed by atoms with Crippen molar-refractivity contribution in [3.05, 3.63) is 83.9 Å². The van der Waals surface area contributed by atoms with E-state index in [1.807, 2.05) is 6.07 Å². The third-order valence-corrected chi connectivity index (χ3v) is 3.75. The van der Waals surface area contributed by atoms with Crippen LogP contribution in [-0.2, 0) is 4.74 Å². The van der Waals surface area contributed by atoms with Crippen LogP contribution in [0, 0.1) is 0 Å². The van der Waals surface area contributed by atoms with Crippen molar-refractivity contribution in [2.75, 3.05) is 0 Å². The lowest BCUT2D eigenvalue weighted by Crippen LogP contribution is -1.86. The predicted molar refractivity (Wildman–Crippen MR) is 77.0 cm³/mol. The van der Waals surface area contributed by atoms with Crippen LogP contribution in [0.5, 0.6) is 0 Å². The number of fused-ring (bicyclic) bond motifs is 1. The van der Waals surface area contributed by atoms with E-state index in [9.17, 15) is 0 Å². The van der Waals surface area contributed by atoms with E-state index < -0.39 is 0 Å². The van der Waals surface area contributed by atoms with Crippen molar-refractivity contribution in [2.24, 2.45) is 0 Å². The first-order valence-corrected chi connectivity index (χ1v) is 6.61. The zero-order valence-corrected chi connectivity index (χ0v) is 10.5. The van der Waals surface area contributed by atoms with Crippen molar-refractivity contribution in [1.29, 1.82) is 0 Å². The highest BCUT2D eigenvalue weighted by molar-refractivity contribution is 5.86. The Morgan fingerprint density at radius 2 is 1.37 bits per heavy atom. The van der Waals surface area contributed by atoms with E-state index in [0.29, 0.717) is 0 Å².